The lowest BCUT2D eigenvalue weighted by Crippen LogP contribution is -2.21. The zero-order valence-electron chi connectivity index (χ0n) is 10.6. The molecule has 1 heterocycles. The molecule has 0 spiro atoms. The third-order valence-corrected chi connectivity index (χ3v) is 2.99. The SMILES string of the molecule is Nc1ccc(C(=O)OCCn2ccccc2=O)c(Cl)c1. The fourth-order valence-electron chi connectivity index (χ4n) is 1.66. The molecule has 0 saturated heterocycles. The molecular weight excluding hydrogens is 280 g/mol. The van der Waals surface area contributed by atoms with Gasteiger partial charge in [-0.1, -0.05) is 17.7 Å². The summed E-state index contributed by atoms with van der Waals surface area (Å²) >= 11 is 5.91. The number of pyridine rings is 1. The van der Waals surface area contributed by atoms with Crippen molar-refractivity contribution >= 4 is 23.3 Å². The first-order valence-electron chi connectivity index (χ1n) is 5.95. The summed E-state index contributed by atoms with van der Waals surface area (Å²) in [6.45, 7) is 0.376. The summed E-state index contributed by atoms with van der Waals surface area (Å²) in [5, 5.41) is 0.242. The van der Waals surface area contributed by atoms with Crippen LogP contribution in [0.1, 0.15) is 10.4 Å². The molecule has 0 aliphatic carbocycles. The predicted molar refractivity (Wildman–Crippen MR) is 76.8 cm³/mol. The summed E-state index contributed by atoms with van der Waals surface area (Å²) in [5.74, 6) is -0.543. The van der Waals surface area contributed by atoms with E-state index in [-0.39, 0.29) is 29.3 Å². The maximum absolute atomic E-state index is 11.8. The monoisotopic (exact) mass is 292 g/mol. The second-order valence-corrected chi connectivity index (χ2v) is 4.51. The molecule has 0 radical (unpaired) electrons. The van der Waals surface area contributed by atoms with E-state index >= 15 is 0 Å². The molecule has 0 amide bonds. The van der Waals surface area contributed by atoms with Crippen LogP contribution in [0.4, 0.5) is 5.69 Å². The molecule has 2 rings (SSSR count). The fraction of sp³-hybridized carbons (Fsp3) is 0.143. The third kappa shape index (κ3) is 3.39. The Bertz CT molecular complexity index is 682. The largest absolute Gasteiger partial charge is 0.460 e. The molecule has 20 heavy (non-hydrogen) atoms. The molecule has 2 N–H and O–H groups in total. The molecule has 1 aromatic carbocycles. The average Bonchev–Trinajstić information content (AvgIpc) is 2.40. The maximum atomic E-state index is 11.8. The van der Waals surface area contributed by atoms with Crippen LogP contribution in [0.5, 0.6) is 0 Å². The summed E-state index contributed by atoms with van der Waals surface area (Å²) in [6, 6.07) is 9.40. The minimum Gasteiger partial charge on any atom is -0.460 e. The summed E-state index contributed by atoms with van der Waals surface area (Å²) in [4.78, 5) is 23.3. The van der Waals surface area contributed by atoms with Gasteiger partial charge in [-0.3, -0.25) is 4.79 Å². The van der Waals surface area contributed by atoms with Gasteiger partial charge in [0.1, 0.15) is 6.61 Å². The van der Waals surface area contributed by atoms with Gasteiger partial charge >= 0.3 is 5.97 Å². The minimum absolute atomic E-state index is 0.0868. The second-order valence-electron chi connectivity index (χ2n) is 4.11. The van der Waals surface area contributed by atoms with Gasteiger partial charge in [0.2, 0.25) is 0 Å². The van der Waals surface area contributed by atoms with Crippen LogP contribution in [0.15, 0.2) is 47.4 Å². The van der Waals surface area contributed by atoms with Crippen LogP contribution in [0.2, 0.25) is 5.02 Å². The van der Waals surface area contributed by atoms with E-state index in [1.807, 2.05) is 0 Å². The number of carbonyl (C=O) groups excluding carboxylic acids is 1. The lowest BCUT2D eigenvalue weighted by atomic mass is 10.2. The maximum Gasteiger partial charge on any atom is 0.339 e. The van der Waals surface area contributed by atoms with E-state index in [0.717, 1.165) is 0 Å². The van der Waals surface area contributed by atoms with Crippen LogP contribution in [-0.2, 0) is 11.3 Å². The van der Waals surface area contributed by atoms with Crippen molar-refractivity contribution in [2.24, 2.45) is 0 Å². The van der Waals surface area contributed by atoms with Gasteiger partial charge in [-0.05, 0) is 24.3 Å². The van der Waals surface area contributed by atoms with Crippen LogP contribution < -0.4 is 11.3 Å². The number of hydrogen-bond acceptors (Lipinski definition) is 4. The second kappa shape index (κ2) is 6.25. The Hall–Kier alpha value is -2.27. The van der Waals surface area contributed by atoms with Crippen molar-refractivity contribution < 1.29 is 9.53 Å². The highest BCUT2D eigenvalue weighted by molar-refractivity contribution is 6.33. The molecule has 0 fully saturated rings. The van der Waals surface area contributed by atoms with Gasteiger partial charge in [0.15, 0.2) is 0 Å². The number of benzene rings is 1. The van der Waals surface area contributed by atoms with E-state index in [0.29, 0.717) is 5.69 Å². The first kappa shape index (κ1) is 14.1. The molecule has 6 heteroatoms. The summed E-state index contributed by atoms with van der Waals surface area (Å²) in [6.07, 6.45) is 1.63. The molecule has 2 aromatic rings. The van der Waals surface area contributed by atoms with E-state index < -0.39 is 5.97 Å². The van der Waals surface area contributed by atoms with E-state index in [9.17, 15) is 9.59 Å². The highest BCUT2D eigenvalue weighted by Crippen LogP contribution is 2.19. The molecule has 0 bridgehead atoms. The van der Waals surface area contributed by atoms with Crippen molar-refractivity contribution in [2.45, 2.75) is 6.54 Å². The molecule has 0 aliphatic heterocycles. The minimum atomic E-state index is -0.543. The van der Waals surface area contributed by atoms with Gasteiger partial charge in [-0.2, -0.15) is 0 Å². The molecule has 0 atom stereocenters. The lowest BCUT2D eigenvalue weighted by Gasteiger charge is -2.08. The normalized spacial score (nSPS) is 10.2. The summed E-state index contributed by atoms with van der Waals surface area (Å²) in [7, 11) is 0. The van der Waals surface area contributed by atoms with Crippen LogP contribution in [-0.4, -0.2) is 17.1 Å². The van der Waals surface area contributed by atoms with Crippen LogP contribution in [0.3, 0.4) is 0 Å². The van der Waals surface area contributed by atoms with Gasteiger partial charge < -0.3 is 15.0 Å². The van der Waals surface area contributed by atoms with Crippen LogP contribution >= 0.6 is 11.6 Å². The zero-order chi connectivity index (χ0) is 14.5. The molecule has 1 aromatic heterocycles. The van der Waals surface area contributed by atoms with Gasteiger partial charge in [-0.25, -0.2) is 4.79 Å². The predicted octanol–water partition coefficient (Wildman–Crippen LogP) is 1.94. The Morgan fingerprint density at radius 1 is 1.30 bits per heavy atom. The first-order chi connectivity index (χ1) is 9.58. The number of halogens is 1. The molecular formula is C14H13ClN2O3. The van der Waals surface area contributed by atoms with Crippen molar-refractivity contribution in [1.29, 1.82) is 0 Å². The number of anilines is 1. The Labute approximate surface area is 120 Å². The van der Waals surface area contributed by atoms with Gasteiger partial charge in [-0.15, -0.1) is 0 Å². The Balaban J connectivity index is 1.96. The zero-order valence-corrected chi connectivity index (χ0v) is 11.3. The van der Waals surface area contributed by atoms with Crippen molar-refractivity contribution in [1.82, 2.24) is 4.57 Å². The number of nitrogens with zero attached hydrogens (tertiary/aromatic N) is 1. The fourth-order valence-corrected chi connectivity index (χ4v) is 1.92. The molecule has 5 nitrogen and oxygen atoms in total. The number of hydrogen-bond donors (Lipinski definition) is 1. The van der Waals surface area contributed by atoms with Gasteiger partial charge in [0.05, 0.1) is 17.1 Å². The van der Waals surface area contributed by atoms with E-state index in [4.69, 9.17) is 22.1 Å². The standard InChI is InChI=1S/C14H13ClN2O3/c15-12-9-10(16)4-5-11(12)14(19)20-8-7-17-6-2-1-3-13(17)18/h1-6,9H,7-8,16H2. The molecule has 104 valence electrons. The number of carbonyl (C=O) groups is 1. The van der Waals surface area contributed by atoms with Crippen LogP contribution in [0.25, 0.3) is 0 Å². The van der Waals surface area contributed by atoms with Crippen LogP contribution in [0, 0.1) is 0 Å². The number of ether oxygens (including phenoxy) is 1. The quantitative estimate of drug-likeness (QED) is 0.690. The highest BCUT2D eigenvalue weighted by atomic mass is 35.5. The number of nitrogen functional groups attached to an aromatic ring is 1. The third-order valence-electron chi connectivity index (χ3n) is 2.68. The lowest BCUT2D eigenvalue weighted by molar-refractivity contribution is 0.0490. The van der Waals surface area contributed by atoms with Crippen molar-refractivity contribution in [3.05, 3.63) is 63.5 Å². The first-order valence-corrected chi connectivity index (χ1v) is 6.33. The molecule has 0 saturated carbocycles. The number of nitrogens with two attached hydrogens (primary N) is 1. The number of aromatic nitrogens is 1. The average molecular weight is 293 g/mol. The number of rotatable bonds is 4. The highest BCUT2D eigenvalue weighted by Gasteiger charge is 2.11. The van der Waals surface area contributed by atoms with Crippen molar-refractivity contribution in [3.63, 3.8) is 0 Å². The molecule has 0 aliphatic rings. The van der Waals surface area contributed by atoms with Gasteiger partial charge in [0, 0.05) is 18.0 Å². The summed E-state index contributed by atoms with van der Waals surface area (Å²) < 4.78 is 6.54. The van der Waals surface area contributed by atoms with Crippen molar-refractivity contribution in [2.75, 3.05) is 12.3 Å². The van der Waals surface area contributed by atoms with Crippen molar-refractivity contribution in [3.8, 4) is 0 Å². The number of esters is 1. The molecule has 0 unspecified atom stereocenters. The Morgan fingerprint density at radius 2 is 2.10 bits per heavy atom. The van der Waals surface area contributed by atoms with E-state index in [1.54, 1.807) is 24.4 Å². The Kier molecular flexibility index (Phi) is 4.42. The smallest absolute Gasteiger partial charge is 0.339 e. The van der Waals surface area contributed by atoms with E-state index in [2.05, 4.69) is 0 Å². The Morgan fingerprint density at radius 3 is 2.80 bits per heavy atom. The topological polar surface area (TPSA) is 74.3 Å². The summed E-state index contributed by atoms with van der Waals surface area (Å²) in [5.41, 5.74) is 6.13. The van der Waals surface area contributed by atoms with Gasteiger partial charge in [0.25, 0.3) is 5.56 Å². The van der Waals surface area contributed by atoms with E-state index in [1.165, 1.54) is 22.8 Å².